The van der Waals surface area contributed by atoms with E-state index < -0.39 is 0 Å². The summed E-state index contributed by atoms with van der Waals surface area (Å²) in [5.41, 5.74) is 0.534. The lowest BCUT2D eigenvalue weighted by molar-refractivity contribution is -0.137. The van der Waals surface area contributed by atoms with Crippen LogP contribution in [0.4, 0.5) is 0 Å². The molecular formula is C10H16N2O2. The van der Waals surface area contributed by atoms with Crippen molar-refractivity contribution in [2.24, 2.45) is 5.92 Å². The summed E-state index contributed by atoms with van der Waals surface area (Å²) >= 11 is 0. The van der Waals surface area contributed by atoms with Crippen molar-refractivity contribution in [1.29, 1.82) is 0 Å². The van der Waals surface area contributed by atoms with Crippen LogP contribution in [0, 0.1) is 5.92 Å². The predicted molar refractivity (Wildman–Crippen MR) is 53.6 cm³/mol. The van der Waals surface area contributed by atoms with Crippen molar-refractivity contribution < 1.29 is 9.59 Å². The lowest BCUT2D eigenvalue weighted by atomic mass is 10.1. The van der Waals surface area contributed by atoms with Crippen LogP contribution in [-0.2, 0) is 9.59 Å². The number of amides is 2. The molecule has 0 spiro atoms. The zero-order chi connectivity index (χ0) is 10.7. The fourth-order valence-electron chi connectivity index (χ4n) is 1.54. The van der Waals surface area contributed by atoms with Gasteiger partial charge in [0.2, 0.25) is 0 Å². The van der Waals surface area contributed by atoms with E-state index >= 15 is 0 Å². The number of carbonyl (C=O) groups excluding carboxylic acids is 2. The molecule has 0 aromatic carbocycles. The highest BCUT2D eigenvalue weighted by atomic mass is 16.2. The van der Waals surface area contributed by atoms with Crippen molar-refractivity contribution in [3.05, 3.63) is 11.6 Å². The average Bonchev–Trinajstić information content (AvgIpc) is 2.33. The van der Waals surface area contributed by atoms with Crippen LogP contribution >= 0.6 is 0 Å². The van der Waals surface area contributed by atoms with E-state index in [1.54, 1.807) is 6.92 Å². The second-order valence-corrected chi connectivity index (χ2v) is 3.74. The lowest BCUT2D eigenvalue weighted by Gasteiger charge is -2.19. The summed E-state index contributed by atoms with van der Waals surface area (Å²) in [7, 11) is 1.85. The van der Waals surface area contributed by atoms with Gasteiger partial charge in [0.05, 0.1) is 0 Å². The number of rotatable bonds is 4. The molecule has 0 radical (unpaired) electrons. The molecule has 0 aromatic rings. The molecule has 14 heavy (non-hydrogen) atoms. The van der Waals surface area contributed by atoms with E-state index in [4.69, 9.17) is 0 Å². The summed E-state index contributed by atoms with van der Waals surface area (Å²) in [4.78, 5) is 24.1. The Morgan fingerprint density at radius 2 is 2.14 bits per heavy atom. The molecule has 0 saturated carbocycles. The van der Waals surface area contributed by atoms with Crippen molar-refractivity contribution in [2.45, 2.75) is 13.8 Å². The number of nitrogens with one attached hydrogen (secondary N) is 1. The summed E-state index contributed by atoms with van der Waals surface area (Å²) in [6.07, 6.45) is 1.40. The third-order valence-corrected chi connectivity index (χ3v) is 2.24. The molecule has 0 aliphatic carbocycles. The standard InChI is InChI=1S/C10H16N2O2/c1-7(5-11-3)6-12-9(13)4-8(2)10(12)14/h4,7,11H,5-6H2,1-3H3. The van der Waals surface area contributed by atoms with E-state index in [1.165, 1.54) is 11.0 Å². The first-order valence-corrected chi connectivity index (χ1v) is 4.75. The SMILES string of the molecule is CNCC(C)CN1C(=O)C=C(C)C1=O. The maximum absolute atomic E-state index is 11.5. The molecule has 1 rings (SSSR count). The van der Waals surface area contributed by atoms with Gasteiger partial charge in [-0.15, -0.1) is 0 Å². The summed E-state index contributed by atoms with van der Waals surface area (Å²) in [6.45, 7) is 4.97. The van der Waals surface area contributed by atoms with E-state index in [-0.39, 0.29) is 17.7 Å². The van der Waals surface area contributed by atoms with Gasteiger partial charge in [0.25, 0.3) is 11.8 Å². The minimum atomic E-state index is -0.185. The molecule has 2 amide bonds. The molecule has 4 nitrogen and oxygen atoms in total. The van der Waals surface area contributed by atoms with Gasteiger partial charge in [-0.05, 0) is 26.4 Å². The van der Waals surface area contributed by atoms with E-state index in [0.29, 0.717) is 12.1 Å². The Labute approximate surface area is 84.0 Å². The molecule has 1 N–H and O–H groups in total. The molecule has 1 heterocycles. The van der Waals surface area contributed by atoms with Crippen LogP contribution in [0.3, 0.4) is 0 Å². The highest BCUT2D eigenvalue weighted by Gasteiger charge is 2.28. The van der Waals surface area contributed by atoms with Gasteiger partial charge < -0.3 is 5.32 Å². The van der Waals surface area contributed by atoms with Gasteiger partial charge in [-0.25, -0.2) is 0 Å². The van der Waals surface area contributed by atoms with E-state index in [9.17, 15) is 9.59 Å². The summed E-state index contributed by atoms with van der Waals surface area (Å²) in [5, 5.41) is 3.02. The second kappa shape index (κ2) is 4.37. The zero-order valence-electron chi connectivity index (χ0n) is 8.83. The van der Waals surface area contributed by atoms with Gasteiger partial charge in [0, 0.05) is 18.2 Å². The van der Waals surface area contributed by atoms with Gasteiger partial charge in [-0.2, -0.15) is 0 Å². The van der Waals surface area contributed by atoms with Crippen molar-refractivity contribution in [2.75, 3.05) is 20.1 Å². The fraction of sp³-hybridized carbons (Fsp3) is 0.600. The van der Waals surface area contributed by atoms with E-state index in [0.717, 1.165) is 6.54 Å². The largest absolute Gasteiger partial charge is 0.319 e. The Morgan fingerprint density at radius 3 is 2.57 bits per heavy atom. The fourth-order valence-corrected chi connectivity index (χ4v) is 1.54. The minimum Gasteiger partial charge on any atom is -0.319 e. The number of imide groups is 1. The molecule has 0 bridgehead atoms. The molecule has 1 aliphatic rings. The first-order chi connectivity index (χ1) is 6.56. The highest BCUT2D eigenvalue weighted by Crippen LogP contribution is 2.13. The predicted octanol–water partition coefficient (Wildman–Crippen LogP) is 0.157. The molecule has 4 heteroatoms. The van der Waals surface area contributed by atoms with Gasteiger partial charge in [-0.1, -0.05) is 6.92 Å². The Morgan fingerprint density at radius 1 is 1.50 bits per heavy atom. The molecular weight excluding hydrogens is 180 g/mol. The van der Waals surface area contributed by atoms with Crippen LogP contribution in [0.15, 0.2) is 11.6 Å². The summed E-state index contributed by atoms with van der Waals surface area (Å²) in [5.74, 6) is -0.0550. The molecule has 1 aliphatic heterocycles. The van der Waals surface area contributed by atoms with Crippen LogP contribution in [0.2, 0.25) is 0 Å². The molecule has 1 unspecified atom stereocenters. The normalized spacial score (nSPS) is 18.8. The summed E-state index contributed by atoms with van der Waals surface area (Å²) in [6, 6.07) is 0. The third-order valence-electron chi connectivity index (χ3n) is 2.24. The van der Waals surface area contributed by atoms with Crippen LogP contribution in [0.1, 0.15) is 13.8 Å². The summed E-state index contributed by atoms with van der Waals surface area (Å²) < 4.78 is 0. The molecule has 0 aromatic heterocycles. The molecule has 78 valence electrons. The Hall–Kier alpha value is -1.16. The third kappa shape index (κ3) is 2.20. The monoisotopic (exact) mass is 196 g/mol. The molecule has 0 saturated heterocycles. The maximum atomic E-state index is 11.5. The number of hydrogen-bond donors (Lipinski definition) is 1. The van der Waals surface area contributed by atoms with Crippen LogP contribution < -0.4 is 5.32 Å². The Balaban J connectivity index is 2.55. The maximum Gasteiger partial charge on any atom is 0.256 e. The van der Waals surface area contributed by atoms with Crippen LogP contribution in [0.5, 0.6) is 0 Å². The van der Waals surface area contributed by atoms with Crippen molar-refractivity contribution >= 4 is 11.8 Å². The Kier molecular flexibility index (Phi) is 3.41. The van der Waals surface area contributed by atoms with Crippen molar-refractivity contribution in [3.8, 4) is 0 Å². The second-order valence-electron chi connectivity index (χ2n) is 3.74. The molecule has 1 atom stereocenters. The first-order valence-electron chi connectivity index (χ1n) is 4.75. The highest BCUT2D eigenvalue weighted by molar-refractivity contribution is 6.15. The zero-order valence-corrected chi connectivity index (χ0v) is 8.83. The van der Waals surface area contributed by atoms with Crippen molar-refractivity contribution in [3.63, 3.8) is 0 Å². The quantitative estimate of drug-likeness (QED) is 0.651. The van der Waals surface area contributed by atoms with Crippen molar-refractivity contribution in [1.82, 2.24) is 10.2 Å². The lowest BCUT2D eigenvalue weighted by Crippen LogP contribution is -2.37. The topological polar surface area (TPSA) is 49.4 Å². The average molecular weight is 196 g/mol. The van der Waals surface area contributed by atoms with E-state index in [1.807, 2.05) is 14.0 Å². The number of hydrogen-bond acceptors (Lipinski definition) is 3. The Bertz CT molecular complexity index is 284. The van der Waals surface area contributed by atoms with Gasteiger partial charge in [-0.3, -0.25) is 14.5 Å². The van der Waals surface area contributed by atoms with Gasteiger partial charge >= 0.3 is 0 Å². The van der Waals surface area contributed by atoms with Gasteiger partial charge in [0.1, 0.15) is 0 Å². The van der Waals surface area contributed by atoms with Crippen LogP contribution in [-0.4, -0.2) is 36.9 Å². The minimum absolute atomic E-state index is 0.155. The van der Waals surface area contributed by atoms with E-state index in [2.05, 4.69) is 5.32 Å². The first kappa shape index (κ1) is 10.9. The van der Waals surface area contributed by atoms with Gasteiger partial charge in [0.15, 0.2) is 0 Å². The molecule has 0 fully saturated rings. The number of nitrogens with zero attached hydrogens (tertiary/aromatic N) is 1. The number of carbonyl (C=O) groups is 2. The van der Waals surface area contributed by atoms with Crippen LogP contribution in [0.25, 0.3) is 0 Å². The smallest absolute Gasteiger partial charge is 0.256 e.